The molecule has 0 aliphatic heterocycles. The molecule has 2 aliphatic carbocycles. The molecule has 0 bridgehead atoms. The number of nitrogens with zero attached hydrogens (tertiary/aromatic N) is 5. The molecule has 0 atom stereocenters. The van der Waals surface area contributed by atoms with E-state index in [0.717, 1.165) is 58.4 Å². The molecule has 8 nitrogen and oxygen atoms in total. The minimum absolute atomic E-state index is 0.296. The topological polar surface area (TPSA) is 88.0 Å². The molecule has 0 N–H and O–H groups in total. The van der Waals surface area contributed by atoms with Gasteiger partial charge in [-0.1, -0.05) is 30.4 Å². The summed E-state index contributed by atoms with van der Waals surface area (Å²) in [5.41, 5.74) is 5.92. The van der Waals surface area contributed by atoms with Crippen LogP contribution in [-0.2, 0) is 13.7 Å². The van der Waals surface area contributed by atoms with Gasteiger partial charge in [-0.25, -0.2) is 9.53 Å². The van der Waals surface area contributed by atoms with Crippen molar-refractivity contribution < 1.29 is 9.48 Å². The molecule has 5 rings (SSSR count). The fourth-order valence-electron chi connectivity index (χ4n) is 4.62. The molecule has 0 saturated heterocycles. The third-order valence-corrected chi connectivity index (χ3v) is 6.56. The van der Waals surface area contributed by atoms with Crippen molar-refractivity contribution in [3.63, 3.8) is 0 Å². The Hall–Kier alpha value is -3.94. The normalized spacial score (nSPS) is 16.1. The Morgan fingerprint density at radius 1 is 1.20 bits per heavy atom. The number of benzene rings is 2. The molecule has 1 aromatic heterocycles. The third-order valence-electron chi connectivity index (χ3n) is 6.56. The SMILES string of the molecule is Cc1cc(/C(C2=CCCC=C2)=[N+](/C)[O-])ccc1OCc1c(C2CC2)cccc1-n1nnn(C)c1=O. The van der Waals surface area contributed by atoms with Gasteiger partial charge in [0.1, 0.15) is 19.4 Å². The van der Waals surface area contributed by atoms with Crippen LogP contribution in [0, 0.1) is 12.1 Å². The molecule has 35 heavy (non-hydrogen) atoms. The number of hydroxylamine groups is 1. The zero-order valence-corrected chi connectivity index (χ0v) is 20.3. The Kier molecular flexibility index (Phi) is 6.11. The molecule has 3 aromatic rings. The maximum atomic E-state index is 12.6. The van der Waals surface area contributed by atoms with Gasteiger partial charge in [0.15, 0.2) is 0 Å². The van der Waals surface area contributed by atoms with Crippen LogP contribution in [0.4, 0.5) is 0 Å². The van der Waals surface area contributed by atoms with E-state index in [1.54, 1.807) is 7.05 Å². The summed E-state index contributed by atoms with van der Waals surface area (Å²) >= 11 is 0. The van der Waals surface area contributed by atoms with E-state index in [1.165, 1.54) is 22.0 Å². The second-order valence-corrected chi connectivity index (χ2v) is 9.17. The van der Waals surface area contributed by atoms with Gasteiger partial charge in [-0.05, 0) is 84.3 Å². The monoisotopic (exact) mass is 471 g/mol. The summed E-state index contributed by atoms with van der Waals surface area (Å²) in [5, 5.41) is 20.3. The first-order valence-electron chi connectivity index (χ1n) is 11.9. The maximum Gasteiger partial charge on any atom is 0.368 e. The zero-order valence-electron chi connectivity index (χ0n) is 20.3. The van der Waals surface area contributed by atoms with E-state index in [4.69, 9.17) is 4.74 Å². The average molecular weight is 472 g/mol. The van der Waals surface area contributed by atoms with Gasteiger partial charge >= 0.3 is 5.69 Å². The third kappa shape index (κ3) is 4.56. The summed E-state index contributed by atoms with van der Waals surface area (Å²) in [6.45, 7) is 2.28. The number of rotatable bonds is 7. The Morgan fingerprint density at radius 3 is 2.66 bits per heavy atom. The van der Waals surface area contributed by atoms with Crippen molar-refractivity contribution in [3.8, 4) is 11.4 Å². The number of ether oxygens (including phenoxy) is 1. The largest absolute Gasteiger partial charge is 0.624 e. The van der Waals surface area contributed by atoms with Gasteiger partial charge < -0.3 is 9.94 Å². The van der Waals surface area contributed by atoms with Gasteiger partial charge in [0.2, 0.25) is 5.71 Å². The van der Waals surface area contributed by atoms with Crippen molar-refractivity contribution >= 4 is 5.71 Å². The molecule has 1 fully saturated rings. The highest BCUT2D eigenvalue weighted by Crippen LogP contribution is 2.43. The van der Waals surface area contributed by atoms with Crippen LogP contribution in [0.15, 0.2) is 65.0 Å². The molecule has 0 amide bonds. The minimum atomic E-state index is -0.296. The van der Waals surface area contributed by atoms with Crippen LogP contribution in [-0.4, -0.2) is 37.3 Å². The highest BCUT2D eigenvalue weighted by atomic mass is 16.5. The van der Waals surface area contributed by atoms with Crippen LogP contribution in [0.5, 0.6) is 5.75 Å². The summed E-state index contributed by atoms with van der Waals surface area (Å²) in [7, 11) is 3.12. The first-order chi connectivity index (χ1) is 16.9. The number of allylic oxidation sites excluding steroid dienone is 4. The van der Waals surface area contributed by atoms with Crippen molar-refractivity contribution in [3.05, 3.63) is 98.1 Å². The molecule has 180 valence electrons. The van der Waals surface area contributed by atoms with Gasteiger partial charge in [0.05, 0.1) is 5.69 Å². The number of hydrogen-bond donors (Lipinski definition) is 0. The van der Waals surface area contributed by atoms with Gasteiger partial charge in [-0.15, -0.1) is 0 Å². The number of aromatic nitrogens is 4. The van der Waals surface area contributed by atoms with Crippen molar-refractivity contribution in [2.45, 2.75) is 45.1 Å². The Labute approximate surface area is 204 Å². The minimum Gasteiger partial charge on any atom is -0.624 e. The van der Waals surface area contributed by atoms with Crippen LogP contribution < -0.4 is 10.4 Å². The lowest BCUT2D eigenvalue weighted by molar-refractivity contribution is -0.421. The predicted octanol–water partition coefficient (Wildman–Crippen LogP) is 3.94. The van der Waals surface area contributed by atoms with Gasteiger partial charge in [-0.3, -0.25) is 0 Å². The average Bonchev–Trinajstić information content (AvgIpc) is 3.64. The molecular formula is C27H29N5O3. The van der Waals surface area contributed by atoms with E-state index in [2.05, 4.69) is 28.6 Å². The molecule has 2 aromatic carbocycles. The molecule has 2 aliphatic rings. The molecule has 8 heteroatoms. The van der Waals surface area contributed by atoms with Crippen molar-refractivity contribution in [2.75, 3.05) is 7.05 Å². The zero-order chi connectivity index (χ0) is 24.5. The van der Waals surface area contributed by atoms with Gasteiger partial charge in [0, 0.05) is 23.7 Å². The first kappa shape index (κ1) is 22.8. The molecular weight excluding hydrogens is 442 g/mol. The van der Waals surface area contributed by atoms with E-state index < -0.39 is 0 Å². The predicted molar refractivity (Wildman–Crippen MR) is 134 cm³/mol. The van der Waals surface area contributed by atoms with E-state index in [1.807, 2.05) is 43.3 Å². The van der Waals surface area contributed by atoms with Crippen molar-refractivity contribution in [1.29, 1.82) is 0 Å². The fraction of sp³-hybridized carbons (Fsp3) is 0.333. The summed E-state index contributed by atoms with van der Waals surface area (Å²) in [6, 6.07) is 11.8. The summed E-state index contributed by atoms with van der Waals surface area (Å²) in [4.78, 5) is 12.6. The van der Waals surface area contributed by atoms with Crippen molar-refractivity contribution in [2.24, 2.45) is 7.05 Å². The van der Waals surface area contributed by atoms with E-state index in [-0.39, 0.29) is 5.69 Å². The van der Waals surface area contributed by atoms with E-state index >= 15 is 0 Å². The van der Waals surface area contributed by atoms with Crippen LogP contribution >= 0.6 is 0 Å². The standard InChI is InChI=1S/C27H29N5O3/c1-18-16-21(26(31(3)34)20-8-5-4-6-9-20)14-15-25(18)35-17-23-22(19-12-13-19)10-7-11-24(23)32-27(33)30(2)28-29-32/h5,7-11,14-16,19H,4,6,12-13,17H2,1-3H3/b31-26-. The lowest BCUT2D eigenvalue weighted by Crippen LogP contribution is -2.23. The van der Waals surface area contributed by atoms with Crippen LogP contribution in [0.1, 0.15) is 53.9 Å². The molecule has 0 radical (unpaired) electrons. The van der Waals surface area contributed by atoms with Gasteiger partial charge in [0.25, 0.3) is 0 Å². The van der Waals surface area contributed by atoms with Crippen LogP contribution in [0.2, 0.25) is 0 Å². The highest BCUT2D eigenvalue weighted by molar-refractivity contribution is 6.11. The van der Waals surface area contributed by atoms with Crippen LogP contribution in [0.25, 0.3) is 5.69 Å². The second kappa shape index (κ2) is 9.37. The van der Waals surface area contributed by atoms with Crippen LogP contribution in [0.3, 0.4) is 0 Å². The quantitative estimate of drug-likeness (QED) is 0.225. The Bertz CT molecular complexity index is 1420. The fourth-order valence-corrected chi connectivity index (χ4v) is 4.62. The van der Waals surface area contributed by atoms with Crippen molar-refractivity contribution in [1.82, 2.24) is 19.8 Å². The molecule has 1 heterocycles. The number of tetrazole rings is 1. The second-order valence-electron chi connectivity index (χ2n) is 9.17. The number of hydrogen-bond acceptors (Lipinski definition) is 5. The smallest absolute Gasteiger partial charge is 0.368 e. The Morgan fingerprint density at radius 2 is 2.03 bits per heavy atom. The summed E-state index contributed by atoms with van der Waals surface area (Å²) in [5.74, 6) is 1.21. The first-order valence-corrected chi connectivity index (χ1v) is 11.9. The van der Waals surface area contributed by atoms with E-state index in [0.29, 0.717) is 23.9 Å². The molecule has 1 saturated carbocycles. The lowest BCUT2D eigenvalue weighted by atomic mass is 9.96. The van der Waals surface area contributed by atoms with Gasteiger partial charge in [-0.2, -0.15) is 9.36 Å². The summed E-state index contributed by atoms with van der Waals surface area (Å²) < 4.78 is 9.76. The molecule has 0 spiro atoms. The van der Waals surface area contributed by atoms with E-state index in [9.17, 15) is 10.0 Å². The Balaban J connectivity index is 1.45. The maximum absolute atomic E-state index is 12.6. The lowest BCUT2D eigenvalue weighted by Gasteiger charge is -2.17. The number of aryl methyl sites for hydroxylation is 2. The molecule has 0 unspecified atom stereocenters. The summed E-state index contributed by atoms with van der Waals surface area (Å²) in [6.07, 6.45) is 10.4. The highest BCUT2D eigenvalue weighted by Gasteiger charge is 2.28.